The normalized spacial score (nSPS) is 19.4. The fraction of sp³-hybridized carbons (Fsp3) is 0.714. The van der Waals surface area contributed by atoms with Crippen LogP contribution >= 0.6 is 94.1 Å². The average Bonchev–Trinajstić information content (AvgIpc) is 3.25. The summed E-state index contributed by atoms with van der Waals surface area (Å²) in [6.45, 7) is 2.86. The molecule has 0 aromatic rings. The average molecular weight is 507 g/mol. The Kier molecular flexibility index (Phi) is 13.3. The van der Waals surface area contributed by atoms with Crippen LogP contribution in [0.2, 0.25) is 0 Å². The third-order valence-electron chi connectivity index (χ3n) is 2.85. The van der Waals surface area contributed by atoms with E-state index in [1.807, 2.05) is 94.1 Å². The second-order valence-corrected chi connectivity index (χ2v) is 15.6. The number of hydrogen-bond donors (Lipinski definition) is 4. The Balaban J connectivity index is 1.96. The molecular formula is C14H26N4S8. The Bertz CT molecular complexity index is 417. The van der Waals surface area contributed by atoms with Gasteiger partial charge in [0.05, 0.1) is 26.1 Å². The van der Waals surface area contributed by atoms with Gasteiger partial charge in [0.2, 0.25) is 0 Å². The molecule has 0 saturated carbocycles. The molecule has 0 aromatic heterocycles. The third kappa shape index (κ3) is 7.75. The van der Waals surface area contributed by atoms with Crippen molar-refractivity contribution in [2.24, 2.45) is 22.9 Å². The van der Waals surface area contributed by atoms with E-state index in [-0.39, 0.29) is 0 Å². The number of hydrogen-bond acceptors (Lipinski definition) is 12. The molecule has 2 rings (SSSR count). The summed E-state index contributed by atoms with van der Waals surface area (Å²) in [5, 5.41) is 0. The Labute approximate surface area is 190 Å². The molecule has 0 fully saturated rings. The molecule has 0 spiro atoms. The van der Waals surface area contributed by atoms with Crippen molar-refractivity contribution >= 4 is 94.1 Å². The van der Waals surface area contributed by atoms with Gasteiger partial charge in [0.15, 0.2) is 0 Å². The lowest BCUT2D eigenvalue weighted by molar-refractivity contribution is 1.15. The van der Waals surface area contributed by atoms with Gasteiger partial charge < -0.3 is 22.9 Å². The maximum absolute atomic E-state index is 5.71. The smallest absolute Gasteiger partial charge is 0.0825 e. The zero-order valence-corrected chi connectivity index (χ0v) is 20.9. The molecule has 26 heavy (non-hydrogen) atoms. The van der Waals surface area contributed by atoms with E-state index in [2.05, 4.69) is 0 Å². The molecular weight excluding hydrogens is 481 g/mol. The second-order valence-electron chi connectivity index (χ2n) is 4.91. The van der Waals surface area contributed by atoms with Crippen LogP contribution < -0.4 is 22.9 Å². The van der Waals surface area contributed by atoms with Crippen LogP contribution in [0.5, 0.6) is 0 Å². The second kappa shape index (κ2) is 14.2. The van der Waals surface area contributed by atoms with Crippen LogP contribution in [-0.4, -0.2) is 58.4 Å². The van der Waals surface area contributed by atoms with Crippen LogP contribution in [-0.2, 0) is 0 Å². The van der Waals surface area contributed by atoms with Crippen LogP contribution in [0.4, 0.5) is 0 Å². The minimum atomic E-state index is 0.523. The van der Waals surface area contributed by atoms with Crippen molar-refractivity contribution in [3.8, 4) is 0 Å². The van der Waals surface area contributed by atoms with Crippen molar-refractivity contribution in [3.05, 3.63) is 16.9 Å². The molecule has 0 radical (unpaired) electrons. The van der Waals surface area contributed by atoms with Gasteiger partial charge in [0, 0.05) is 49.2 Å². The van der Waals surface area contributed by atoms with Crippen molar-refractivity contribution < 1.29 is 0 Å². The lowest BCUT2D eigenvalue weighted by Gasteiger charge is -2.16. The lowest BCUT2D eigenvalue weighted by atomic mass is 10.8. The van der Waals surface area contributed by atoms with Gasteiger partial charge in [-0.05, 0) is 0 Å². The maximum Gasteiger partial charge on any atom is 0.0825 e. The van der Waals surface area contributed by atoms with Crippen molar-refractivity contribution in [3.63, 3.8) is 0 Å². The summed E-state index contributed by atoms with van der Waals surface area (Å²) in [6.07, 6.45) is 0. The zero-order valence-electron chi connectivity index (χ0n) is 14.4. The van der Waals surface area contributed by atoms with Gasteiger partial charge in [-0.15, -0.1) is 94.1 Å². The molecule has 2 aliphatic rings. The predicted octanol–water partition coefficient (Wildman–Crippen LogP) is 3.62. The van der Waals surface area contributed by atoms with Gasteiger partial charge >= 0.3 is 0 Å². The first kappa shape index (κ1) is 24.4. The van der Waals surface area contributed by atoms with Gasteiger partial charge in [0.25, 0.3) is 0 Å². The maximum atomic E-state index is 5.71. The van der Waals surface area contributed by atoms with E-state index in [4.69, 9.17) is 22.9 Å². The monoisotopic (exact) mass is 506 g/mol. The standard InChI is InChI=1S/C14H26N4S8/c15-1-5-19-9-10(20-6-2-16)24-13(23-9)14-25-11(21-7-3-17)12(26-14)22-8-4-18/h13-14H,1-8,15-18H2. The van der Waals surface area contributed by atoms with Crippen LogP contribution in [0.1, 0.15) is 0 Å². The van der Waals surface area contributed by atoms with E-state index in [1.54, 1.807) is 0 Å². The van der Waals surface area contributed by atoms with Crippen LogP contribution in [0, 0.1) is 0 Å². The Morgan fingerprint density at radius 2 is 0.731 bits per heavy atom. The summed E-state index contributed by atoms with van der Waals surface area (Å²) < 4.78 is 6.78. The molecule has 2 aliphatic heterocycles. The van der Waals surface area contributed by atoms with E-state index >= 15 is 0 Å². The third-order valence-corrected chi connectivity index (χ3v) is 15.6. The van der Waals surface area contributed by atoms with Crippen molar-refractivity contribution in [2.45, 2.75) is 9.16 Å². The quantitative estimate of drug-likeness (QED) is 0.293. The van der Waals surface area contributed by atoms with E-state index < -0.39 is 0 Å². The fourth-order valence-corrected chi connectivity index (χ4v) is 14.7. The summed E-state index contributed by atoms with van der Waals surface area (Å²) in [4.78, 5) is 0. The minimum Gasteiger partial charge on any atom is -0.330 e. The molecule has 0 bridgehead atoms. The minimum absolute atomic E-state index is 0.523. The SMILES string of the molecule is NCCSC1=C(SCCN)SC(C2SC(SCCN)=C(SCCN)S2)S1. The first-order valence-electron chi connectivity index (χ1n) is 8.20. The van der Waals surface area contributed by atoms with Crippen molar-refractivity contribution in [2.75, 3.05) is 49.2 Å². The predicted molar refractivity (Wildman–Crippen MR) is 138 cm³/mol. The molecule has 2 heterocycles. The summed E-state index contributed by atoms with van der Waals surface area (Å²) in [6, 6.07) is 0. The number of rotatable bonds is 13. The van der Waals surface area contributed by atoms with Crippen molar-refractivity contribution in [1.82, 2.24) is 0 Å². The number of nitrogens with two attached hydrogens (primary N) is 4. The molecule has 0 saturated heterocycles. The molecule has 4 nitrogen and oxygen atoms in total. The van der Waals surface area contributed by atoms with Crippen molar-refractivity contribution in [1.29, 1.82) is 0 Å². The molecule has 0 amide bonds. The van der Waals surface area contributed by atoms with Gasteiger partial charge in [0.1, 0.15) is 0 Å². The van der Waals surface area contributed by atoms with Gasteiger partial charge in [-0.2, -0.15) is 0 Å². The molecule has 0 aromatic carbocycles. The first-order chi connectivity index (χ1) is 12.7. The molecule has 8 N–H and O–H groups in total. The lowest BCUT2D eigenvalue weighted by Crippen LogP contribution is -2.08. The largest absolute Gasteiger partial charge is 0.330 e. The molecule has 0 unspecified atom stereocenters. The van der Waals surface area contributed by atoms with E-state index in [9.17, 15) is 0 Å². The Hall–Kier alpha value is 2.12. The summed E-state index contributed by atoms with van der Waals surface area (Å²) >= 11 is 15.6. The summed E-state index contributed by atoms with van der Waals surface area (Å²) in [5.41, 5.74) is 22.8. The number of thioether (sulfide) groups is 8. The van der Waals surface area contributed by atoms with E-state index in [1.165, 1.54) is 16.9 Å². The Morgan fingerprint density at radius 1 is 0.500 bits per heavy atom. The highest BCUT2D eigenvalue weighted by molar-refractivity contribution is 8.42. The topological polar surface area (TPSA) is 104 Å². The fourth-order valence-electron chi connectivity index (χ4n) is 1.86. The van der Waals surface area contributed by atoms with Crippen LogP contribution in [0.3, 0.4) is 0 Å². The summed E-state index contributed by atoms with van der Waals surface area (Å²) in [5.74, 6) is 3.89. The highest BCUT2D eigenvalue weighted by atomic mass is 32.3. The van der Waals surface area contributed by atoms with Gasteiger partial charge in [-0.3, -0.25) is 0 Å². The van der Waals surface area contributed by atoms with Gasteiger partial charge in [-0.25, -0.2) is 0 Å². The first-order valence-corrected chi connectivity index (χ1v) is 15.7. The van der Waals surface area contributed by atoms with Crippen LogP contribution in [0.15, 0.2) is 16.9 Å². The Morgan fingerprint density at radius 3 is 0.923 bits per heavy atom. The zero-order chi connectivity index (χ0) is 18.8. The molecule has 0 atom stereocenters. The van der Waals surface area contributed by atoms with E-state index in [0.29, 0.717) is 35.3 Å². The molecule has 0 aliphatic carbocycles. The van der Waals surface area contributed by atoms with Crippen LogP contribution in [0.25, 0.3) is 0 Å². The van der Waals surface area contributed by atoms with E-state index in [0.717, 1.165) is 23.0 Å². The highest BCUT2D eigenvalue weighted by Crippen LogP contribution is 2.64. The molecule has 12 heteroatoms. The van der Waals surface area contributed by atoms with Gasteiger partial charge in [-0.1, -0.05) is 0 Å². The highest BCUT2D eigenvalue weighted by Gasteiger charge is 2.38. The summed E-state index contributed by atoms with van der Waals surface area (Å²) in [7, 11) is 0. The molecule has 150 valence electrons.